The molecule has 0 aliphatic heterocycles. The molecule has 0 saturated carbocycles. The molecule has 0 radical (unpaired) electrons. The lowest BCUT2D eigenvalue weighted by Gasteiger charge is -2.19. The van der Waals surface area contributed by atoms with E-state index in [1.165, 1.54) is 0 Å². The van der Waals surface area contributed by atoms with E-state index in [-0.39, 0.29) is 0 Å². The Kier molecular flexibility index (Phi) is 3.99. The molecule has 7 nitrogen and oxygen atoms in total. The number of para-hydroxylation sites is 1. The van der Waals surface area contributed by atoms with Crippen molar-refractivity contribution in [3.05, 3.63) is 54.9 Å². The van der Waals surface area contributed by atoms with Gasteiger partial charge in [0.15, 0.2) is 11.5 Å². The second-order valence-corrected chi connectivity index (χ2v) is 7.17. The van der Waals surface area contributed by atoms with Gasteiger partial charge in [-0.25, -0.2) is 19.3 Å². The number of nitrogens with zero attached hydrogens (tertiary/aromatic N) is 4. The van der Waals surface area contributed by atoms with Crippen LogP contribution in [0.3, 0.4) is 0 Å². The molecule has 0 bridgehead atoms. The van der Waals surface area contributed by atoms with E-state index in [0.717, 1.165) is 22.1 Å². The van der Waals surface area contributed by atoms with Crippen molar-refractivity contribution in [3.63, 3.8) is 0 Å². The molecule has 0 spiro atoms. The molecular weight excluding hydrogens is 342 g/mol. The summed E-state index contributed by atoms with van der Waals surface area (Å²) < 4.78 is 6.92. The molecule has 2 aromatic carbocycles. The van der Waals surface area contributed by atoms with Gasteiger partial charge in [-0.3, -0.25) is 5.32 Å². The SMILES string of the molecule is CC(C)(C)OC(=O)Nc1ccc(-c2nc3c4ccccc4ncn3n2)cc1. The smallest absolute Gasteiger partial charge is 0.412 e. The Labute approximate surface area is 156 Å². The zero-order chi connectivity index (χ0) is 19.0. The number of ether oxygens (including phenoxy) is 1. The van der Waals surface area contributed by atoms with Gasteiger partial charge >= 0.3 is 6.09 Å². The van der Waals surface area contributed by atoms with E-state index in [2.05, 4.69) is 20.4 Å². The minimum atomic E-state index is -0.540. The number of carbonyl (C=O) groups is 1. The first-order chi connectivity index (χ1) is 12.9. The van der Waals surface area contributed by atoms with Crippen molar-refractivity contribution < 1.29 is 9.53 Å². The van der Waals surface area contributed by atoms with Gasteiger partial charge in [-0.2, -0.15) is 0 Å². The average Bonchev–Trinajstić information content (AvgIpc) is 3.05. The van der Waals surface area contributed by atoms with Crippen LogP contribution in [0.25, 0.3) is 27.9 Å². The van der Waals surface area contributed by atoms with E-state index in [1.54, 1.807) is 23.0 Å². The Hall–Kier alpha value is -3.48. The van der Waals surface area contributed by atoms with E-state index in [4.69, 9.17) is 4.74 Å². The molecule has 4 aromatic rings. The van der Waals surface area contributed by atoms with E-state index in [0.29, 0.717) is 11.5 Å². The third-order valence-corrected chi connectivity index (χ3v) is 3.87. The fourth-order valence-corrected chi connectivity index (χ4v) is 2.73. The second kappa shape index (κ2) is 6.35. The molecule has 0 unspecified atom stereocenters. The summed E-state index contributed by atoms with van der Waals surface area (Å²) in [5.41, 5.74) is 2.58. The molecular formula is C20H19N5O2. The molecule has 7 heteroatoms. The number of anilines is 1. The molecule has 0 saturated heterocycles. The molecule has 1 amide bonds. The van der Waals surface area contributed by atoms with Gasteiger partial charge in [-0.05, 0) is 57.2 Å². The van der Waals surface area contributed by atoms with Gasteiger partial charge in [-0.1, -0.05) is 12.1 Å². The largest absolute Gasteiger partial charge is 0.444 e. The Balaban J connectivity index is 1.60. The number of hydrogen-bond donors (Lipinski definition) is 1. The summed E-state index contributed by atoms with van der Waals surface area (Å²) in [6.45, 7) is 5.47. The van der Waals surface area contributed by atoms with Gasteiger partial charge < -0.3 is 4.74 Å². The number of benzene rings is 2. The molecule has 2 aromatic heterocycles. The number of amides is 1. The van der Waals surface area contributed by atoms with E-state index < -0.39 is 11.7 Å². The summed E-state index contributed by atoms with van der Waals surface area (Å²) in [5.74, 6) is 0.594. The van der Waals surface area contributed by atoms with Crippen molar-refractivity contribution in [3.8, 4) is 11.4 Å². The van der Waals surface area contributed by atoms with Gasteiger partial charge in [0.1, 0.15) is 11.9 Å². The first-order valence-electron chi connectivity index (χ1n) is 8.60. The molecule has 136 valence electrons. The number of carbonyl (C=O) groups excluding carboxylic acids is 1. The maximum absolute atomic E-state index is 11.9. The lowest BCUT2D eigenvalue weighted by Crippen LogP contribution is -2.27. The van der Waals surface area contributed by atoms with Crippen LogP contribution >= 0.6 is 0 Å². The van der Waals surface area contributed by atoms with Crippen LogP contribution in [0.15, 0.2) is 54.9 Å². The zero-order valence-corrected chi connectivity index (χ0v) is 15.3. The molecule has 2 heterocycles. The predicted octanol–water partition coefficient (Wildman–Crippen LogP) is 4.29. The zero-order valence-electron chi connectivity index (χ0n) is 15.3. The van der Waals surface area contributed by atoms with Crippen molar-refractivity contribution in [2.45, 2.75) is 26.4 Å². The Morgan fingerprint density at radius 3 is 2.56 bits per heavy atom. The van der Waals surface area contributed by atoms with Crippen molar-refractivity contribution in [2.75, 3.05) is 5.32 Å². The monoisotopic (exact) mass is 361 g/mol. The third kappa shape index (κ3) is 3.57. The summed E-state index contributed by atoms with van der Waals surface area (Å²) in [5, 5.41) is 8.16. The first-order valence-corrected chi connectivity index (χ1v) is 8.60. The fourth-order valence-electron chi connectivity index (χ4n) is 2.73. The third-order valence-electron chi connectivity index (χ3n) is 3.87. The van der Waals surface area contributed by atoms with Crippen LogP contribution in [0.4, 0.5) is 10.5 Å². The Bertz CT molecular complexity index is 1130. The number of nitrogens with one attached hydrogen (secondary N) is 1. The van der Waals surface area contributed by atoms with Gasteiger partial charge in [0.05, 0.1) is 5.52 Å². The van der Waals surface area contributed by atoms with Gasteiger partial charge in [0.2, 0.25) is 0 Å². The topological polar surface area (TPSA) is 81.4 Å². The normalized spacial score (nSPS) is 11.7. The van der Waals surface area contributed by atoms with Gasteiger partial charge in [0, 0.05) is 16.6 Å². The van der Waals surface area contributed by atoms with Crippen LogP contribution in [0, 0.1) is 0 Å². The van der Waals surface area contributed by atoms with E-state index in [9.17, 15) is 4.79 Å². The van der Waals surface area contributed by atoms with Gasteiger partial charge in [0.25, 0.3) is 0 Å². The Morgan fingerprint density at radius 2 is 1.81 bits per heavy atom. The van der Waals surface area contributed by atoms with Crippen LogP contribution in [0.2, 0.25) is 0 Å². The summed E-state index contributed by atoms with van der Waals surface area (Å²) in [4.78, 5) is 20.9. The summed E-state index contributed by atoms with van der Waals surface area (Å²) in [6.07, 6.45) is 1.17. The minimum Gasteiger partial charge on any atom is -0.444 e. The molecule has 4 rings (SSSR count). The lowest BCUT2D eigenvalue weighted by molar-refractivity contribution is 0.0636. The molecule has 0 aliphatic carbocycles. The quantitative estimate of drug-likeness (QED) is 0.576. The summed E-state index contributed by atoms with van der Waals surface area (Å²) >= 11 is 0. The predicted molar refractivity (Wildman–Crippen MR) is 104 cm³/mol. The van der Waals surface area contributed by atoms with E-state index >= 15 is 0 Å². The van der Waals surface area contributed by atoms with E-state index in [1.807, 2.05) is 57.2 Å². The molecule has 27 heavy (non-hydrogen) atoms. The molecule has 1 N–H and O–H groups in total. The van der Waals surface area contributed by atoms with Gasteiger partial charge in [-0.15, -0.1) is 5.10 Å². The highest BCUT2D eigenvalue weighted by Crippen LogP contribution is 2.22. The highest BCUT2D eigenvalue weighted by molar-refractivity contribution is 5.91. The maximum Gasteiger partial charge on any atom is 0.412 e. The maximum atomic E-state index is 11.9. The van der Waals surface area contributed by atoms with Crippen molar-refractivity contribution in [1.82, 2.24) is 19.6 Å². The standard InChI is InChI=1S/C20H19N5O2/c1-20(2,3)27-19(26)22-14-10-8-13(9-11-14)17-23-18-15-6-4-5-7-16(15)21-12-25(18)24-17/h4-12H,1-3H3,(H,22,26). The van der Waals surface area contributed by atoms with Crippen LogP contribution in [0.5, 0.6) is 0 Å². The summed E-state index contributed by atoms with van der Waals surface area (Å²) in [7, 11) is 0. The van der Waals surface area contributed by atoms with Crippen molar-refractivity contribution >= 4 is 28.3 Å². The van der Waals surface area contributed by atoms with Crippen molar-refractivity contribution in [2.24, 2.45) is 0 Å². The summed E-state index contributed by atoms with van der Waals surface area (Å²) in [6, 6.07) is 15.1. The van der Waals surface area contributed by atoms with Crippen LogP contribution < -0.4 is 5.32 Å². The van der Waals surface area contributed by atoms with Crippen molar-refractivity contribution in [1.29, 1.82) is 0 Å². The number of aromatic nitrogens is 4. The number of rotatable bonds is 2. The number of hydrogen-bond acceptors (Lipinski definition) is 5. The fraction of sp³-hybridized carbons (Fsp3) is 0.200. The number of fused-ring (bicyclic) bond motifs is 3. The highest BCUT2D eigenvalue weighted by Gasteiger charge is 2.16. The van der Waals surface area contributed by atoms with Crippen LogP contribution in [0.1, 0.15) is 20.8 Å². The minimum absolute atomic E-state index is 0.487. The molecule has 0 fully saturated rings. The molecule has 0 aliphatic rings. The second-order valence-electron chi connectivity index (χ2n) is 7.17. The van der Waals surface area contributed by atoms with Crippen LogP contribution in [-0.4, -0.2) is 31.3 Å². The lowest BCUT2D eigenvalue weighted by atomic mass is 10.2. The first kappa shape index (κ1) is 17.0. The average molecular weight is 361 g/mol. The molecule has 0 atom stereocenters. The highest BCUT2D eigenvalue weighted by atomic mass is 16.6. The Morgan fingerprint density at radius 1 is 1.07 bits per heavy atom. The van der Waals surface area contributed by atoms with Crippen LogP contribution in [-0.2, 0) is 4.74 Å².